The van der Waals surface area contributed by atoms with Gasteiger partial charge in [0.05, 0.1) is 6.54 Å². The molecule has 0 aromatic carbocycles. The highest BCUT2D eigenvalue weighted by molar-refractivity contribution is 5.82. The molecule has 0 bridgehead atoms. The van der Waals surface area contributed by atoms with Gasteiger partial charge < -0.3 is 26.6 Å². The van der Waals surface area contributed by atoms with E-state index in [-0.39, 0.29) is 0 Å². The summed E-state index contributed by atoms with van der Waals surface area (Å²) < 4.78 is 0. The van der Waals surface area contributed by atoms with Gasteiger partial charge in [0.1, 0.15) is 6.04 Å². The second-order valence-electron chi connectivity index (χ2n) is 4.08. The van der Waals surface area contributed by atoms with Crippen LogP contribution in [0.3, 0.4) is 0 Å². The second-order valence-corrected chi connectivity index (χ2v) is 4.08. The minimum Gasteiger partial charge on any atom is -0.480 e. The van der Waals surface area contributed by atoms with Crippen molar-refractivity contribution in [2.24, 2.45) is 10.7 Å². The smallest absolute Gasteiger partial charge is 0.320 e. The molecule has 0 aromatic heterocycles. The van der Waals surface area contributed by atoms with E-state index in [1.54, 1.807) is 6.92 Å². The van der Waals surface area contributed by atoms with E-state index >= 15 is 0 Å². The molecule has 1 aliphatic heterocycles. The van der Waals surface area contributed by atoms with Gasteiger partial charge in [-0.05, 0) is 19.8 Å². The number of nitrogens with zero attached hydrogens (tertiary/aromatic N) is 1. The molecule has 2 atom stereocenters. The van der Waals surface area contributed by atoms with E-state index in [1.807, 2.05) is 0 Å². The predicted octanol–water partition coefficient (Wildman–Crippen LogP) is -1.56. The lowest BCUT2D eigenvalue weighted by atomic mass is 10.2. The standard InChI is InChI=1S/C9H18N4O3/c1-9(16)5-12-8(13-9)11-4-2-3-6(10)7(14)15/h6,16H,2-5,10H2,1H3,(H,14,15)(H2,11,12,13)/t6-,9?/m0/s1. The van der Waals surface area contributed by atoms with Gasteiger partial charge in [-0.15, -0.1) is 0 Å². The number of carboxylic acids is 1. The first-order chi connectivity index (χ1) is 7.41. The molecule has 0 saturated carbocycles. The van der Waals surface area contributed by atoms with Gasteiger partial charge in [-0.2, -0.15) is 0 Å². The summed E-state index contributed by atoms with van der Waals surface area (Å²) in [7, 11) is 0. The number of aliphatic carboxylic acids is 1. The largest absolute Gasteiger partial charge is 0.480 e. The van der Waals surface area contributed by atoms with E-state index in [2.05, 4.69) is 15.6 Å². The Kier molecular flexibility index (Phi) is 4.08. The minimum absolute atomic E-state index is 0.309. The highest BCUT2D eigenvalue weighted by Gasteiger charge is 2.26. The third-order valence-electron chi connectivity index (χ3n) is 2.23. The van der Waals surface area contributed by atoms with Crippen molar-refractivity contribution in [3.63, 3.8) is 0 Å². The molecule has 1 heterocycles. The molecule has 0 spiro atoms. The summed E-state index contributed by atoms with van der Waals surface area (Å²) in [5.74, 6) is -0.451. The lowest BCUT2D eigenvalue weighted by molar-refractivity contribution is -0.138. The first-order valence-corrected chi connectivity index (χ1v) is 5.18. The van der Waals surface area contributed by atoms with Crippen LogP contribution >= 0.6 is 0 Å². The van der Waals surface area contributed by atoms with E-state index in [0.717, 1.165) is 0 Å². The number of hydrogen-bond acceptors (Lipinski definition) is 6. The summed E-state index contributed by atoms with van der Waals surface area (Å²) >= 11 is 0. The Morgan fingerprint density at radius 1 is 1.81 bits per heavy atom. The monoisotopic (exact) mass is 230 g/mol. The molecule has 0 radical (unpaired) electrons. The Morgan fingerprint density at radius 3 is 3.00 bits per heavy atom. The molecule has 0 aromatic rings. The third-order valence-corrected chi connectivity index (χ3v) is 2.23. The maximum Gasteiger partial charge on any atom is 0.320 e. The Bertz CT molecular complexity index is 290. The maximum atomic E-state index is 10.4. The lowest BCUT2D eigenvalue weighted by Crippen LogP contribution is -2.47. The van der Waals surface area contributed by atoms with Crippen molar-refractivity contribution in [1.29, 1.82) is 0 Å². The average Bonchev–Trinajstić information content (AvgIpc) is 2.52. The van der Waals surface area contributed by atoms with Gasteiger partial charge in [0.25, 0.3) is 0 Å². The highest BCUT2D eigenvalue weighted by atomic mass is 16.4. The fourth-order valence-corrected chi connectivity index (χ4v) is 1.32. The highest BCUT2D eigenvalue weighted by Crippen LogP contribution is 2.04. The van der Waals surface area contributed by atoms with Crippen molar-refractivity contribution in [3.05, 3.63) is 0 Å². The third kappa shape index (κ3) is 4.03. The van der Waals surface area contributed by atoms with E-state index in [4.69, 9.17) is 10.8 Å². The first kappa shape index (κ1) is 12.7. The Balaban J connectivity index is 2.11. The van der Waals surface area contributed by atoms with Crippen LogP contribution in [0.25, 0.3) is 0 Å². The number of nitrogens with two attached hydrogens (primary N) is 1. The Morgan fingerprint density at radius 2 is 2.50 bits per heavy atom. The molecule has 7 heteroatoms. The van der Waals surface area contributed by atoms with Crippen molar-refractivity contribution in [1.82, 2.24) is 10.6 Å². The van der Waals surface area contributed by atoms with E-state index < -0.39 is 17.7 Å². The number of guanidine groups is 1. The van der Waals surface area contributed by atoms with Crippen molar-refractivity contribution < 1.29 is 15.0 Å². The van der Waals surface area contributed by atoms with Crippen LogP contribution in [0.5, 0.6) is 0 Å². The molecule has 16 heavy (non-hydrogen) atoms. The van der Waals surface area contributed by atoms with Crippen LogP contribution in [-0.4, -0.2) is 47.0 Å². The fourth-order valence-electron chi connectivity index (χ4n) is 1.32. The van der Waals surface area contributed by atoms with Gasteiger partial charge in [-0.1, -0.05) is 0 Å². The van der Waals surface area contributed by atoms with Gasteiger partial charge in [0.2, 0.25) is 0 Å². The van der Waals surface area contributed by atoms with Crippen LogP contribution in [0.1, 0.15) is 19.8 Å². The fraction of sp³-hybridized carbons (Fsp3) is 0.778. The quantitative estimate of drug-likeness (QED) is 0.364. The summed E-state index contributed by atoms with van der Waals surface area (Å²) in [5, 5.41) is 23.8. The van der Waals surface area contributed by atoms with E-state index in [0.29, 0.717) is 31.9 Å². The zero-order chi connectivity index (χ0) is 12.2. The molecule has 0 fully saturated rings. The molecule has 6 N–H and O–H groups in total. The van der Waals surface area contributed by atoms with Gasteiger partial charge in [0, 0.05) is 6.54 Å². The molecule has 1 aliphatic rings. The molecular weight excluding hydrogens is 212 g/mol. The van der Waals surface area contributed by atoms with E-state index in [9.17, 15) is 9.90 Å². The van der Waals surface area contributed by atoms with Crippen LogP contribution in [0.2, 0.25) is 0 Å². The summed E-state index contributed by atoms with van der Waals surface area (Å²) in [6.07, 6.45) is 1.04. The minimum atomic E-state index is -0.987. The van der Waals surface area contributed by atoms with Crippen LogP contribution in [-0.2, 0) is 4.79 Å². The zero-order valence-electron chi connectivity index (χ0n) is 9.23. The van der Waals surface area contributed by atoms with Crippen molar-refractivity contribution in [3.8, 4) is 0 Å². The van der Waals surface area contributed by atoms with Crippen LogP contribution in [0.4, 0.5) is 0 Å². The number of carbonyl (C=O) groups is 1. The topological polar surface area (TPSA) is 120 Å². The van der Waals surface area contributed by atoms with E-state index in [1.165, 1.54) is 0 Å². The summed E-state index contributed by atoms with van der Waals surface area (Å²) in [5.41, 5.74) is 4.35. The van der Waals surface area contributed by atoms with Crippen molar-refractivity contribution in [2.45, 2.75) is 31.5 Å². The number of rotatable bonds is 5. The van der Waals surface area contributed by atoms with Crippen LogP contribution < -0.4 is 16.4 Å². The average molecular weight is 230 g/mol. The van der Waals surface area contributed by atoms with Gasteiger partial charge >= 0.3 is 5.97 Å². The number of carboxylic acid groups (broad SMARTS) is 1. The number of aliphatic hydroxyl groups is 1. The molecule has 92 valence electrons. The van der Waals surface area contributed by atoms with Gasteiger partial charge in [-0.3, -0.25) is 4.79 Å². The molecule has 0 saturated heterocycles. The first-order valence-electron chi connectivity index (χ1n) is 5.18. The van der Waals surface area contributed by atoms with Gasteiger partial charge in [0.15, 0.2) is 11.7 Å². The van der Waals surface area contributed by atoms with Crippen LogP contribution in [0, 0.1) is 0 Å². The maximum absolute atomic E-state index is 10.4. The predicted molar refractivity (Wildman–Crippen MR) is 58.9 cm³/mol. The molecule has 0 amide bonds. The zero-order valence-corrected chi connectivity index (χ0v) is 9.23. The van der Waals surface area contributed by atoms with Crippen LogP contribution in [0.15, 0.2) is 4.99 Å². The number of nitrogens with one attached hydrogen (secondary N) is 2. The molecule has 7 nitrogen and oxygen atoms in total. The molecule has 0 aliphatic carbocycles. The SMILES string of the molecule is CC1(O)CN=C(NCCC[C@H](N)C(=O)O)N1. The van der Waals surface area contributed by atoms with Gasteiger partial charge in [-0.25, -0.2) is 4.99 Å². The second kappa shape index (κ2) is 5.13. The Hall–Kier alpha value is -1.34. The number of aliphatic imine (C=N–C) groups is 1. The Labute approximate surface area is 93.7 Å². The van der Waals surface area contributed by atoms with Crippen molar-refractivity contribution in [2.75, 3.05) is 13.1 Å². The number of hydrogen-bond donors (Lipinski definition) is 5. The molecule has 1 rings (SSSR count). The molecular formula is C9H18N4O3. The normalized spacial score (nSPS) is 25.8. The molecule has 1 unspecified atom stereocenters. The summed E-state index contributed by atoms with van der Waals surface area (Å²) in [4.78, 5) is 14.5. The lowest BCUT2D eigenvalue weighted by Gasteiger charge is -2.17. The summed E-state index contributed by atoms with van der Waals surface area (Å²) in [6, 6.07) is -0.816. The summed E-state index contributed by atoms with van der Waals surface area (Å²) in [6.45, 7) is 2.51. The van der Waals surface area contributed by atoms with Crippen molar-refractivity contribution >= 4 is 11.9 Å².